The maximum atomic E-state index is 5.37. The molecule has 0 saturated heterocycles. The molecule has 0 bridgehead atoms. The van der Waals surface area contributed by atoms with Crippen LogP contribution in [-0.2, 0) is 0 Å². The normalized spacial score (nSPS) is 10.5. The van der Waals surface area contributed by atoms with Crippen molar-refractivity contribution in [3.05, 3.63) is 47.0 Å². The first kappa shape index (κ1) is 10.9. The fourth-order valence-corrected chi connectivity index (χ4v) is 2.18. The van der Waals surface area contributed by atoms with Gasteiger partial charge in [-0.25, -0.2) is 6.07 Å². The van der Waals surface area contributed by atoms with Gasteiger partial charge >= 0.3 is 0 Å². The Hall–Kier alpha value is -1.63. The highest BCUT2D eigenvalue weighted by Crippen LogP contribution is 2.30. The average molecular weight is 213 g/mol. The monoisotopic (exact) mass is 213 g/mol. The van der Waals surface area contributed by atoms with Crippen molar-refractivity contribution >= 4 is 0 Å². The number of hydrogen-bond acceptors (Lipinski definition) is 1. The number of benzene rings is 1. The Balaban J connectivity index is 2.52. The van der Waals surface area contributed by atoms with Crippen LogP contribution in [0.5, 0.6) is 5.75 Å². The van der Waals surface area contributed by atoms with Crippen molar-refractivity contribution in [1.82, 2.24) is 0 Å². The van der Waals surface area contributed by atoms with Crippen LogP contribution in [0.25, 0.3) is 11.1 Å². The maximum absolute atomic E-state index is 5.37. The van der Waals surface area contributed by atoms with E-state index in [4.69, 9.17) is 4.74 Å². The zero-order valence-electron chi connectivity index (χ0n) is 10.3. The minimum atomic E-state index is 0.993. The Morgan fingerprint density at radius 1 is 0.938 bits per heavy atom. The SMILES string of the molecule is COc1c(C)cc(-c2c[cH-]c(C)c2)cc1C. The lowest BCUT2D eigenvalue weighted by atomic mass is 10.0. The molecule has 0 saturated carbocycles. The van der Waals surface area contributed by atoms with E-state index in [-0.39, 0.29) is 0 Å². The van der Waals surface area contributed by atoms with Crippen LogP contribution in [0.2, 0.25) is 0 Å². The molecule has 0 aliphatic carbocycles. The molecular weight excluding hydrogens is 196 g/mol. The Morgan fingerprint density at radius 2 is 1.56 bits per heavy atom. The van der Waals surface area contributed by atoms with Crippen LogP contribution in [0.1, 0.15) is 16.7 Å². The number of methoxy groups -OCH3 is 1. The van der Waals surface area contributed by atoms with Gasteiger partial charge in [-0.05, 0) is 25.0 Å². The van der Waals surface area contributed by atoms with E-state index in [2.05, 4.69) is 51.1 Å². The molecule has 1 heteroatoms. The first-order valence-electron chi connectivity index (χ1n) is 5.51. The fraction of sp³-hybridized carbons (Fsp3) is 0.267. The van der Waals surface area contributed by atoms with E-state index in [1.165, 1.54) is 27.8 Å². The molecule has 0 amide bonds. The predicted octanol–water partition coefficient (Wildman–Crippen LogP) is 4.01. The molecule has 2 aromatic carbocycles. The first-order valence-corrected chi connectivity index (χ1v) is 5.51. The summed E-state index contributed by atoms with van der Waals surface area (Å²) in [5.74, 6) is 0.993. The quantitative estimate of drug-likeness (QED) is 0.685. The summed E-state index contributed by atoms with van der Waals surface area (Å²) >= 11 is 0. The maximum Gasteiger partial charge on any atom is 0.124 e. The lowest BCUT2D eigenvalue weighted by molar-refractivity contribution is 0.408. The van der Waals surface area contributed by atoms with Crippen LogP contribution in [0.15, 0.2) is 30.3 Å². The second-order valence-electron chi connectivity index (χ2n) is 4.32. The number of ether oxygens (including phenoxy) is 1. The van der Waals surface area contributed by atoms with Gasteiger partial charge in [0.1, 0.15) is 5.75 Å². The molecule has 0 aromatic heterocycles. The second-order valence-corrected chi connectivity index (χ2v) is 4.32. The Labute approximate surface area is 97.1 Å². The van der Waals surface area contributed by atoms with Crippen molar-refractivity contribution in [3.8, 4) is 16.9 Å². The van der Waals surface area contributed by atoms with Gasteiger partial charge in [0.2, 0.25) is 0 Å². The highest BCUT2D eigenvalue weighted by molar-refractivity contribution is 5.68. The second kappa shape index (κ2) is 4.09. The van der Waals surface area contributed by atoms with Gasteiger partial charge in [-0.1, -0.05) is 24.6 Å². The summed E-state index contributed by atoms with van der Waals surface area (Å²) in [5, 5.41) is 0. The van der Waals surface area contributed by atoms with Crippen molar-refractivity contribution in [2.45, 2.75) is 20.8 Å². The van der Waals surface area contributed by atoms with Crippen LogP contribution in [0, 0.1) is 20.8 Å². The van der Waals surface area contributed by atoms with Crippen LogP contribution in [-0.4, -0.2) is 7.11 Å². The Kier molecular flexibility index (Phi) is 2.78. The van der Waals surface area contributed by atoms with Gasteiger partial charge in [0, 0.05) is 0 Å². The lowest BCUT2D eigenvalue weighted by Gasteiger charge is -2.13. The van der Waals surface area contributed by atoms with E-state index in [0.717, 1.165) is 5.75 Å². The van der Waals surface area contributed by atoms with Crippen molar-refractivity contribution in [2.75, 3.05) is 7.11 Å². The summed E-state index contributed by atoms with van der Waals surface area (Å²) in [6.45, 7) is 6.29. The van der Waals surface area contributed by atoms with Gasteiger partial charge in [0.25, 0.3) is 0 Å². The van der Waals surface area contributed by atoms with E-state index >= 15 is 0 Å². The van der Waals surface area contributed by atoms with Crippen molar-refractivity contribution in [2.24, 2.45) is 0 Å². The molecule has 2 rings (SSSR count). The first-order chi connectivity index (χ1) is 7.61. The molecule has 0 aliphatic heterocycles. The van der Waals surface area contributed by atoms with Crippen molar-refractivity contribution < 1.29 is 4.74 Å². The zero-order chi connectivity index (χ0) is 11.7. The van der Waals surface area contributed by atoms with Crippen LogP contribution in [0.4, 0.5) is 0 Å². The third kappa shape index (κ3) is 1.85. The smallest absolute Gasteiger partial charge is 0.124 e. The van der Waals surface area contributed by atoms with E-state index < -0.39 is 0 Å². The van der Waals surface area contributed by atoms with E-state index in [1.807, 2.05) is 0 Å². The summed E-state index contributed by atoms with van der Waals surface area (Å²) < 4.78 is 5.37. The third-order valence-corrected chi connectivity index (χ3v) is 2.91. The minimum Gasteiger partial charge on any atom is -0.496 e. The molecule has 0 heterocycles. The molecule has 16 heavy (non-hydrogen) atoms. The number of rotatable bonds is 2. The van der Waals surface area contributed by atoms with Gasteiger partial charge in [0.05, 0.1) is 7.11 Å². The third-order valence-electron chi connectivity index (χ3n) is 2.91. The molecule has 0 spiro atoms. The highest BCUT2D eigenvalue weighted by atomic mass is 16.5. The molecule has 0 unspecified atom stereocenters. The molecule has 0 radical (unpaired) electrons. The van der Waals surface area contributed by atoms with Gasteiger partial charge in [-0.2, -0.15) is 23.3 Å². The predicted molar refractivity (Wildman–Crippen MR) is 68.2 cm³/mol. The molecule has 0 N–H and O–H groups in total. The molecule has 0 atom stereocenters. The molecule has 1 nitrogen and oxygen atoms in total. The zero-order valence-corrected chi connectivity index (χ0v) is 10.3. The van der Waals surface area contributed by atoms with Crippen LogP contribution in [0.3, 0.4) is 0 Å². The Morgan fingerprint density at radius 3 is 2.00 bits per heavy atom. The number of hydrogen-bond donors (Lipinski definition) is 0. The molecule has 2 aromatic rings. The van der Waals surface area contributed by atoms with Gasteiger partial charge in [-0.15, -0.1) is 0 Å². The standard InChI is InChI=1S/C15H17O/c1-10-5-6-13(7-10)14-8-11(2)15(16-4)12(3)9-14/h5-9H,1-4H3/q-1. The largest absolute Gasteiger partial charge is 0.496 e. The summed E-state index contributed by atoms with van der Waals surface area (Å²) in [7, 11) is 1.72. The highest BCUT2D eigenvalue weighted by Gasteiger charge is 2.03. The Bertz CT molecular complexity index is 483. The van der Waals surface area contributed by atoms with Gasteiger partial charge in [-0.3, -0.25) is 0 Å². The van der Waals surface area contributed by atoms with Crippen molar-refractivity contribution in [3.63, 3.8) is 0 Å². The fourth-order valence-electron chi connectivity index (χ4n) is 2.18. The van der Waals surface area contributed by atoms with Crippen LogP contribution < -0.4 is 4.74 Å². The lowest BCUT2D eigenvalue weighted by Crippen LogP contribution is -1.91. The van der Waals surface area contributed by atoms with Crippen LogP contribution >= 0.6 is 0 Å². The number of aryl methyl sites for hydroxylation is 3. The molecule has 0 fully saturated rings. The summed E-state index contributed by atoms with van der Waals surface area (Å²) in [6.07, 6.45) is 0. The van der Waals surface area contributed by atoms with Gasteiger partial charge in [0.15, 0.2) is 0 Å². The summed E-state index contributed by atoms with van der Waals surface area (Å²) in [5.41, 5.74) is 6.24. The molecular formula is C15H17O-. The van der Waals surface area contributed by atoms with E-state index in [9.17, 15) is 0 Å². The average Bonchev–Trinajstić information content (AvgIpc) is 2.64. The topological polar surface area (TPSA) is 9.23 Å². The molecule has 0 aliphatic rings. The summed E-state index contributed by atoms with van der Waals surface area (Å²) in [4.78, 5) is 0. The van der Waals surface area contributed by atoms with E-state index in [0.29, 0.717) is 0 Å². The minimum absolute atomic E-state index is 0.993. The molecule has 84 valence electrons. The van der Waals surface area contributed by atoms with Gasteiger partial charge < -0.3 is 4.74 Å². The van der Waals surface area contributed by atoms with E-state index in [1.54, 1.807) is 7.11 Å². The van der Waals surface area contributed by atoms with Crippen molar-refractivity contribution in [1.29, 1.82) is 0 Å². The summed E-state index contributed by atoms with van der Waals surface area (Å²) in [6, 6.07) is 10.9.